The van der Waals surface area contributed by atoms with Crippen molar-refractivity contribution in [2.75, 3.05) is 26.7 Å². The van der Waals surface area contributed by atoms with E-state index in [1.54, 1.807) is 31.3 Å². The van der Waals surface area contributed by atoms with Crippen LogP contribution in [-0.2, 0) is 16.1 Å². The number of nitrogens with one attached hydrogen (secondary N) is 2. The summed E-state index contributed by atoms with van der Waals surface area (Å²) in [6.45, 7) is 4.59. The lowest BCUT2D eigenvalue weighted by Crippen LogP contribution is -2.75. The summed E-state index contributed by atoms with van der Waals surface area (Å²) in [7, 11) is 1.59. The lowest BCUT2D eigenvalue weighted by Gasteiger charge is -2.52. The predicted octanol–water partition coefficient (Wildman–Crippen LogP) is 4.89. The van der Waals surface area contributed by atoms with Gasteiger partial charge in [-0.05, 0) is 80.0 Å². The number of unbranched alkanes of at least 4 members (excludes halogenated alkanes) is 1. The Morgan fingerprint density at radius 2 is 1.82 bits per heavy atom. The highest BCUT2D eigenvalue weighted by molar-refractivity contribution is 6.32. The van der Waals surface area contributed by atoms with Crippen molar-refractivity contribution in [3.63, 3.8) is 0 Å². The van der Waals surface area contributed by atoms with Crippen molar-refractivity contribution in [2.24, 2.45) is 5.92 Å². The first-order valence-corrected chi connectivity index (χ1v) is 16.4. The van der Waals surface area contributed by atoms with E-state index in [2.05, 4.69) is 22.5 Å². The van der Waals surface area contributed by atoms with Gasteiger partial charge in [0.25, 0.3) is 5.91 Å². The van der Waals surface area contributed by atoms with E-state index in [0.29, 0.717) is 61.1 Å². The molecule has 3 N–H and O–H groups in total. The Morgan fingerprint density at radius 3 is 2.45 bits per heavy atom. The summed E-state index contributed by atoms with van der Waals surface area (Å²) in [5, 5.41) is 17.3. The molecule has 2 atom stereocenters. The van der Waals surface area contributed by atoms with Gasteiger partial charge in [-0.25, -0.2) is 0 Å². The minimum absolute atomic E-state index is 0.0557. The number of aliphatic hydroxyl groups is 1. The Hall–Kier alpha value is -3.14. The maximum atomic E-state index is 13.9. The molecule has 1 saturated carbocycles. The first-order chi connectivity index (χ1) is 21.3. The third-order valence-corrected chi connectivity index (χ3v) is 9.92. The lowest BCUT2D eigenvalue weighted by molar-refractivity contribution is -0.166. The largest absolute Gasteiger partial charge is 0.456 e. The number of ether oxygens (including phenoxy) is 1. The van der Waals surface area contributed by atoms with Crippen LogP contribution in [0, 0.1) is 5.92 Å². The molecule has 1 aliphatic carbocycles. The topological polar surface area (TPSA) is 111 Å². The zero-order chi connectivity index (χ0) is 31.3. The summed E-state index contributed by atoms with van der Waals surface area (Å²) >= 11 is 6.59. The lowest BCUT2D eigenvalue weighted by atomic mass is 9.78. The van der Waals surface area contributed by atoms with Crippen LogP contribution >= 0.6 is 11.6 Å². The minimum atomic E-state index is -0.881. The molecule has 44 heavy (non-hydrogen) atoms. The van der Waals surface area contributed by atoms with Crippen molar-refractivity contribution in [2.45, 2.75) is 88.9 Å². The van der Waals surface area contributed by atoms with Gasteiger partial charge in [-0.1, -0.05) is 50.3 Å². The fraction of sp³-hybridized carbons (Fsp3) is 0.559. The molecule has 3 fully saturated rings. The normalized spacial score (nSPS) is 21.6. The zero-order valence-corrected chi connectivity index (χ0v) is 26.6. The summed E-state index contributed by atoms with van der Waals surface area (Å²) in [6.07, 6.45) is 7.08. The van der Waals surface area contributed by atoms with E-state index in [4.69, 9.17) is 16.3 Å². The summed E-state index contributed by atoms with van der Waals surface area (Å²) in [5.74, 6) is 0.741. The molecule has 2 saturated heterocycles. The van der Waals surface area contributed by atoms with E-state index in [-0.39, 0.29) is 23.6 Å². The van der Waals surface area contributed by atoms with Crippen molar-refractivity contribution >= 4 is 29.3 Å². The Morgan fingerprint density at radius 1 is 1.11 bits per heavy atom. The van der Waals surface area contributed by atoms with Crippen LogP contribution in [0.4, 0.5) is 0 Å². The van der Waals surface area contributed by atoms with Crippen LogP contribution in [0.5, 0.6) is 11.5 Å². The second-order valence-corrected chi connectivity index (χ2v) is 12.9. The van der Waals surface area contributed by atoms with E-state index >= 15 is 0 Å². The van der Waals surface area contributed by atoms with E-state index < -0.39 is 17.7 Å². The van der Waals surface area contributed by atoms with Crippen molar-refractivity contribution in [3.05, 3.63) is 58.6 Å². The summed E-state index contributed by atoms with van der Waals surface area (Å²) in [6, 6.07) is 11.7. The third-order valence-electron chi connectivity index (χ3n) is 9.62. The average Bonchev–Trinajstić information content (AvgIpc) is 3.05. The number of aliphatic hydroxyl groups excluding tert-OH is 1. The van der Waals surface area contributed by atoms with Crippen LogP contribution < -0.4 is 15.4 Å². The van der Waals surface area contributed by atoms with Crippen molar-refractivity contribution in [3.8, 4) is 11.5 Å². The number of piperazine rings is 1. The monoisotopic (exact) mass is 624 g/mol. The second-order valence-electron chi connectivity index (χ2n) is 12.5. The molecule has 0 unspecified atom stereocenters. The predicted molar refractivity (Wildman–Crippen MR) is 170 cm³/mol. The molecule has 2 aromatic carbocycles. The number of benzene rings is 2. The van der Waals surface area contributed by atoms with Crippen LogP contribution in [0.25, 0.3) is 0 Å². The highest BCUT2D eigenvalue weighted by Crippen LogP contribution is 2.37. The molecule has 10 heteroatoms. The molecule has 9 nitrogen and oxygen atoms in total. The Balaban J connectivity index is 1.22. The van der Waals surface area contributed by atoms with Crippen LogP contribution in [0.2, 0.25) is 5.02 Å². The number of piperidine rings is 1. The molecule has 0 bridgehead atoms. The van der Waals surface area contributed by atoms with Crippen molar-refractivity contribution < 1.29 is 24.2 Å². The standard InChI is InChI=1S/C34H45ClN4O5/c1-3-4-18-39-32(42)29(30(40)24-8-6-5-7-9-24)37-33(43)34(39)16-19-38(20-17-34)22-23-10-15-28(27(35)21-23)44-26-13-11-25(12-14-26)31(41)36-2/h10-15,21,24,29-30,40H,3-9,16-20,22H2,1-2H3,(H,36,41)(H,37,43)/t29-,30-/m1/s1. The number of amides is 3. The first-order valence-electron chi connectivity index (χ1n) is 16.1. The molecule has 3 aliphatic rings. The number of carbonyl (C=O) groups is 3. The fourth-order valence-electron chi connectivity index (χ4n) is 6.97. The third kappa shape index (κ3) is 6.90. The summed E-state index contributed by atoms with van der Waals surface area (Å²) < 4.78 is 5.95. The van der Waals surface area contributed by atoms with Crippen molar-refractivity contribution in [1.29, 1.82) is 0 Å². The van der Waals surface area contributed by atoms with Gasteiger partial charge in [0.15, 0.2) is 0 Å². The van der Waals surface area contributed by atoms with E-state index in [9.17, 15) is 19.5 Å². The highest BCUT2D eigenvalue weighted by Gasteiger charge is 2.55. The smallest absolute Gasteiger partial charge is 0.251 e. The molecule has 2 heterocycles. The molecule has 1 spiro atoms. The maximum absolute atomic E-state index is 13.9. The van der Waals surface area contributed by atoms with E-state index in [1.807, 2.05) is 23.1 Å². The van der Waals surface area contributed by atoms with Gasteiger partial charge in [-0.15, -0.1) is 0 Å². The SMILES string of the molecule is CCCCN1C(=O)[C@@H]([C@H](O)C2CCCCC2)NC(=O)C12CCN(Cc1ccc(Oc3ccc(C(=O)NC)cc3)c(Cl)c1)CC2. The number of rotatable bonds is 10. The molecule has 5 rings (SSSR count). The van der Waals surface area contributed by atoms with Gasteiger partial charge in [-0.3, -0.25) is 19.3 Å². The number of hydrogen-bond donors (Lipinski definition) is 3. The van der Waals surface area contributed by atoms with Gasteiger partial charge in [-0.2, -0.15) is 0 Å². The van der Waals surface area contributed by atoms with Crippen LogP contribution in [0.15, 0.2) is 42.5 Å². The maximum Gasteiger partial charge on any atom is 0.251 e. The number of carbonyl (C=O) groups excluding carboxylic acids is 3. The Kier molecular flexibility index (Phi) is 10.5. The molecule has 0 radical (unpaired) electrons. The van der Waals surface area contributed by atoms with Gasteiger partial charge >= 0.3 is 0 Å². The molecule has 238 valence electrons. The molecule has 2 aromatic rings. The Bertz CT molecular complexity index is 1320. The van der Waals surface area contributed by atoms with Crippen LogP contribution in [-0.4, -0.2) is 77.0 Å². The summed E-state index contributed by atoms with van der Waals surface area (Å²) in [4.78, 5) is 43.5. The van der Waals surface area contributed by atoms with Gasteiger partial charge in [0.05, 0.1) is 11.1 Å². The molecule has 0 aromatic heterocycles. The number of likely N-dealkylation sites (tertiary alicyclic amines) is 1. The molecule has 3 amide bonds. The van der Waals surface area contributed by atoms with Gasteiger partial charge in [0.1, 0.15) is 23.1 Å². The molecular formula is C34H45ClN4O5. The number of hydrogen-bond acceptors (Lipinski definition) is 6. The Labute approximate surface area is 265 Å². The molecule has 2 aliphatic heterocycles. The van der Waals surface area contributed by atoms with Gasteiger partial charge < -0.3 is 25.4 Å². The quantitative estimate of drug-likeness (QED) is 0.347. The average molecular weight is 625 g/mol. The van der Waals surface area contributed by atoms with Gasteiger partial charge in [0.2, 0.25) is 11.8 Å². The second kappa shape index (κ2) is 14.3. The van der Waals surface area contributed by atoms with Crippen LogP contribution in [0.3, 0.4) is 0 Å². The fourth-order valence-corrected chi connectivity index (χ4v) is 7.21. The van der Waals surface area contributed by atoms with Crippen LogP contribution in [0.1, 0.15) is 80.6 Å². The summed E-state index contributed by atoms with van der Waals surface area (Å²) in [5.41, 5.74) is 0.690. The molecular weight excluding hydrogens is 580 g/mol. The van der Waals surface area contributed by atoms with E-state index in [1.165, 1.54) is 0 Å². The van der Waals surface area contributed by atoms with Crippen molar-refractivity contribution in [1.82, 2.24) is 20.4 Å². The van der Waals surface area contributed by atoms with Gasteiger partial charge in [0, 0.05) is 38.8 Å². The highest BCUT2D eigenvalue weighted by atomic mass is 35.5. The minimum Gasteiger partial charge on any atom is -0.456 e. The number of halogens is 1. The first kappa shape index (κ1) is 32.3. The number of nitrogens with zero attached hydrogens (tertiary/aromatic N) is 2. The van der Waals surface area contributed by atoms with E-state index in [0.717, 1.165) is 50.5 Å². The zero-order valence-electron chi connectivity index (χ0n) is 25.8.